The Morgan fingerprint density at radius 2 is 2.33 bits per heavy atom. The van der Waals surface area contributed by atoms with Crippen molar-refractivity contribution in [2.75, 3.05) is 0 Å². The predicted molar refractivity (Wildman–Crippen MR) is 33.3 cm³/mol. The first kappa shape index (κ1) is 6.77. The molecule has 0 aromatic carbocycles. The van der Waals surface area contributed by atoms with Gasteiger partial charge in [0.1, 0.15) is 0 Å². The third-order valence-electron chi connectivity index (χ3n) is 1.14. The van der Waals surface area contributed by atoms with Gasteiger partial charge in [-0.15, -0.1) is 0 Å². The average Bonchev–Trinajstić information content (AvgIpc) is 2.10. The van der Waals surface area contributed by atoms with Gasteiger partial charge in [0.05, 0.1) is 0 Å². The van der Waals surface area contributed by atoms with Crippen molar-refractivity contribution in [2.24, 2.45) is 0 Å². The van der Waals surface area contributed by atoms with E-state index in [1.807, 2.05) is 6.92 Å². The second-order valence-electron chi connectivity index (χ2n) is 1.79. The molecule has 1 saturated heterocycles. The van der Waals surface area contributed by atoms with Gasteiger partial charge in [0.15, 0.2) is 0 Å². The predicted octanol–water partition coefficient (Wildman–Crippen LogP) is 0.139. The second-order valence-corrected chi connectivity index (χ2v) is 4.26. The van der Waals surface area contributed by atoms with Crippen LogP contribution < -0.4 is 5.32 Å². The fraction of sp³-hybridized carbons (Fsp3) is 0.600. The van der Waals surface area contributed by atoms with Crippen molar-refractivity contribution in [1.82, 2.24) is 5.32 Å². The number of carbonyl (C=O) groups excluding carboxylic acids is 2. The Morgan fingerprint density at radius 3 is 2.56 bits per heavy atom. The number of hydrogen-bond acceptors (Lipinski definition) is 2. The molecule has 1 aliphatic rings. The van der Waals surface area contributed by atoms with Crippen LogP contribution in [0.3, 0.4) is 0 Å². The quantitative estimate of drug-likeness (QED) is 0.600. The van der Waals surface area contributed by atoms with Gasteiger partial charge in [-0.25, -0.2) is 0 Å². The number of imide groups is 1. The minimum absolute atomic E-state index is 0.00463. The van der Waals surface area contributed by atoms with Crippen LogP contribution in [0.4, 0.5) is 4.79 Å². The van der Waals surface area contributed by atoms with E-state index in [-0.39, 0.29) is 30.5 Å². The van der Waals surface area contributed by atoms with Gasteiger partial charge >= 0.3 is 58.7 Å². The van der Waals surface area contributed by atoms with E-state index in [2.05, 4.69) is 5.32 Å². The van der Waals surface area contributed by atoms with Crippen LogP contribution in [0.15, 0.2) is 0 Å². The van der Waals surface area contributed by atoms with Crippen molar-refractivity contribution in [3.8, 4) is 0 Å². The zero-order valence-corrected chi connectivity index (χ0v) is 6.72. The van der Waals surface area contributed by atoms with Gasteiger partial charge in [0, 0.05) is 0 Å². The molecule has 1 fully saturated rings. The van der Waals surface area contributed by atoms with E-state index in [0.717, 1.165) is 6.42 Å². The second kappa shape index (κ2) is 2.50. The van der Waals surface area contributed by atoms with Crippen LogP contribution in [0.2, 0.25) is 4.82 Å². The summed E-state index contributed by atoms with van der Waals surface area (Å²) >= 11 is -0.133. The van der Waals surface area contributed by atoms with Crippen molar-refractivity contribution >= 4 is 25.7 Å². The van der Waals surface area contributed by atoms with Gasteiger partial charge in [0.2, 0.25) is 0 Å². The fourth-order valence-electron chi connectivity index (χ4n) is 0.662. The Labute approximate surface area is 59.3 Å². The molecule has 1 aliphatic heterocycles. The standard InChI is InChI=1S/C5H7NO2Se/c1-2-3-4(7)6-5(8)9-3/h3H,2H2,1H3,(H,6,7,8). The summed E-state index contributed by atoms with van der Waals surface area (Å²) in [5.74, 6) is -0.0810. The topological polar surface area (TPSA) is 46.2 Å². The summed E-state index contributed by atoms with van der Waals surface area (Å²) in [4.78, 5) is 21.2. The maximum atomic E-state index is 10.7. The molecular formula is C5H7NO2Se. The van der Waals surface area contributed by atoms with Crippen LogP contribution >= 0.6 is 0 Å². The Hall–Kier alpha value is -0.341. The molecule has 3 nitrogen and oxygen atoms in total. The Morgan fingerprint density at radius 1 is 1.67 bits per heavy atom. The molecule has 1 heterocycles. The zero-order valence-electron chi connectivity index (χ0n) is 5.01. The van der Waals surface area contributed by atoms with Crippen LogP contribution in [0.1, 0.15) is 13.3 Å². The molecule has 2 amide bonds. The molecular weight excluding hydrogens is 185 g/mol. The fourth-order valence-corrected chi connectivity index (χ4v) is 2.24. The molecule has 0 aromatic heterocycles. The van der Waals surface area contributed by atoms with E-state index in [9.17, 15) is 9.59 Å². The normalized spacial score (nSPS) is 26.6. The van der Waals surface area contributed by atoms with Gasteiger partial charge < -0.3 is 0 Å². The van der Waals surface area contributed by atoms with Crippen molar-refractivity contribution in [2.45, 2.75) is 18.2 Å². The molecule has 1 unspecified atom stereocenters. The molecule has 0 bridgehead atoms. The van der Waals surface area contributed by atoms with Crippen LogP contribution in [0, 0.1) is 0 Å². The maximum absolute atomic E-state index is 10.7. The van der Waals surface area contributed by atoms with E-state index >= 15 is 0 Å². The Balaban J connectivity index is 2.58. The van der Waals surface area contributed by atoms with Crippen LogP contribution in [0.5, 0.6) is 0 Å². The van der Waals surface area contributed by atoms with Crippen LogP contribution in [0.25, 0.3) is 0 Å². The molecule has 1 atom stereocenters. The van der Waals surface area contributed by atoms with E-state index in [1.165, 1.54) is 0 Å². The summed E-state index contributed by atoms with van der Waals surface area (Å²) in [6.45, 7) is 1.92. The summed E-state index contributed by atoms with van der Waals surface area (Å²) in [6, 6.07) is 0. The molecule has 0 aliphatic carbocycles. The van der Waals surface area contributed by atoms with Crippen LogP contribution in [-0.4, -0.2) is 25.7 Å². The zero-order chi connectivity index (χ0) is 6.85. The average molecular weight is 192 g/mol. The molecule has 9 heavy (non-hydrogen) atoms. The molecule has 1 N–H and O–H groups in total. The molecule has 1 rings (SSSR count). The minimum atomic E-state index is -0.133. The van der Waals surface area contributed by atoms with Gasteiger partial charge in [-0.3, -0.25) is 0 Å². The molecule has 0 radical (unpaired) electrons. The van der Waals surface area contributed by atoms with Gasteiger partial charge in [-0.05, 0) is 0 Å². The number of amides is 2. The van der Waals surface area contributed by atoms with Crippen molar-refractivity contribution in [3.63, 3.8) is 0 Å². The van der Waals surface area contributed by atoms with Gasteiger partial charge in [-0.1, -0.05) is 0 Å². The first-order valence-corrected chi connectivity index (χ1v) is 4.60. The molecule has 0 saturated carbocycles. The van der Waals surface area contributed by atoms with Crippen molar-refractivity contribution < 1.29 is 9.59 Å². The number of hydrogen-bond donors (Lipinski definition) is 1. The van der Waals surface area contributed by atoms with E-state index in [1.54, 1.807) is 0 Å². The van der Waals surface area contributed by atoms with Gasteiger partial charge in [-0.2, -0.15) is 0 Å². The third-order valence-corrected chi connectivity index (χ3v) is 3.55. The van der Waals surface area contributed by atoms with Gasteiger partial charge in [0.25, 0.3) is 0 Å². The number of nitrogens with one attached hydrogen (secondary N) is 1. The molecule has 50 valence electrons. The summed E-state index contributed by atoms with van der Waals surface area (Å²) in [5, 5.41) is 2.27. The third kappa shape index (κ3) is 1.31. The van der Waals surface area contributed by atoms with Crippen LogP contribution in [-0.2, 0) is 4.79 Å². The van der Waals surface area contributed by atoms with E-state index in [0.29, 0.717) is 0 Å². The van der Waals surface area contributed by atoms with E-state index < -0.39 is 0 Å². The first-order chi connectivity index (χ1) is 4.24. The Bertz CT molecular complexity index is 157. The molecule has 4 heteroatoms. The van der Waals surface area contributed by atoms with Crippen molar-refractivity contribution in [3.05, 3.63) is 0 Å². The Kier molecular flexibility index (Phi) is 1.88. The SMILES string of the molecule is CCC1[Se]C(=O)NC1=O. The summed E-state index contributed by atoms with van der Waals surface area (Å²) < 4.78 is 0. The first-order valence-electron chi connectivity index (χ1n) is 2.75. The molecule has 0 spiro atoms. The number of rotatable bonds is 1. The summed E-state index contributed by atoms with van der Waals surface area (Å²) in [7, 11) is 0. The summed E-state index contributed by atoms with van der Waals surface area (Å²) in [6.07, 6.45) is 0.789. The number of carbonyl (C=O) groups is 2. The monoisotopic (exact) mass is 193 g/mol. The summed E-state index contributed by atoms with van der Waals surface area (Å²) in [5.41, 5.74) is 0. The molecule has 0 aromatic rings. The van der Waals surface area contributed by atoms with Crippen molar-refractivity contribution in [1.29, 1.82) is 0 Å². The van der Waals surface area contributed by atoms with E-state index in [4.69, 9.17) is 0 Å².